The van der Waals surface area contributed by atoms with Crippen molar-refractivity contribution in [2.24, 2.45) is 5.73 Å². The molecule has 1 rings (SSSR count). The van der Waals surface area contributed by atoms with Crippen LogP contribution in [-0.4, -0.2) is 32.3 Å². The average Bonchev–Trinajstić information content (AvgIpc) is 2.34. The number of aryl methyl sites for hydroxylation is 1. The van der Waals surface area contributed by atoms with Gasteiger partial charge in [-0.05, 0) is 45.9 Å². The van der Waals surface area contributed by atoms with Crippen molar-refractivity contribution >= 4 is 5.69 Å². The maximum Gasteiger partial charge on any atom is 0.0645 e. The second kappa shape index (κ2) is 8.11. The maximum absolute atomic E-state index is 5.62. The van der Waals surface area contributed by atoms with Gasteiger partial charge in [-0.2, -0.15) is 0 Å². The summed E-state index contributed by atoms with van der Waals surface area (Å²) >= 11 is 0. The van der Waals surface area contributed by atoms with Crippen LogP contribution in [-0.2, 0) is 4.74 Å². The van der Waals surface area contributed by atoms with Gasteiger partial charge in [-0.25, -0.2) is 0 Å². The van der Waals surface area contributed by atoms with Gasteiger partial charge in [0, 0.05) is 18.8 Å². The minimum Gasteiger partial charge on any atom is -0.377 e. The zero-order valence-corrected chi connectivity index (χ0v) is 11.9. The van der Waals surface area contributed by atoms with E-state index in [9.17, 15) is 0 Å². The summed E-state index contributed by atoms with van der Waals surface area (Å²) in [4.78, 5) is 2.34. The lowest BCUT2D eigenvalue weighted by Gasteiger charge is -2.25. The highest BCUT2D eigenvalue weighted by Gasteiger charge is 2.06. The summed E-state index contributed by atoms with van der Waals surface area (Å²) in [5.74, 6) is 0. The lowest BCUT2D eigenvalue weighted by atomic mass is 10.2. The van der Waals surface area contributed by atoms with Crippen LogP contribution in [0.5, 0.6) is 0 Å². The molecular formula is C15H26N2O. The summed E-state index contributed by atoms with van der Waals surface area (Å²) in [6.45, 7) is 9.63. The van der Waals surface area contributed by atoms with Gasteiger partial charge in [-0.15, -0.1) is 0 Å². The van der Waals surface area contributed by atoms with Gasteiger partial charge >= 0.3 is 0 Å². The van der Waals surface area contributed by atoms with Crippen molar-refractivity contribution in [3.8, 4) is 0 Å². The van der Waals surface area contributed by atoms with Crippen LogP contribution in [0.15, 0.2) is 24.3 Å². The van der Waals surface area contributed by atoms with E-state index in [1.807, 2.05) is 0 Å². The number of ether oxygens (including phenoxy) is 1. The smallest absolute Gasteiger partial charge is 0.0645 e. The monoisotopic (exact) mass is 250 g/mol. The molecule has 0 bridgehead atoms. The molecule has 0 radical (unpaired) electrons. The summed E-state index contributed by atoms with van der Waals surface area (Å²) in [6.07, 6.45) is 1.30. The Morgan fingerprint density at radius 3 is 2.39 bits per heavy atom. The highest BCUT2D eigenvalue weighted by molar-refractivity contribution is 5.47. The Morgan fingerprint density at radius 2 is 1.83 bits per heavy atom. The summed E-state index contributed by atoms with van der Waals surface area (Å²) < 4.78 is 5.62. The van der Waals surface area contributed by atoms with E-state index in [-0.39, 0.29) is 0 Å². The second-order valence-corrected chi connectivity index (χ2v) is 4.88. The lowest BCUT2D eigenvalue weighted by Crippen LogP contribution is -2.30. The molecular weight excluding hydrogens is 224 g/mol. The fourth-order valence-electron chi connectivity index (χ4n) is 1.81. The molecule has 0 saturated carbocycles. The van der Waals surface area contributed by atoms with Crippen molar-refractivity contribution in [2.45, 2.75) is 33.3 Å². The number of benzene rings is 1. The molecule has 0 aromatic heterocycles. The van der Waals surface area contributed by atoms with Crippen molar-refractivity contribution in [3.05, 3.63) is 29.8 Å². The Hall–Kier alpha value is -1.06. The molecule has 2 N–H and O–H groups in total. The number of nitrogens with zero attached hydrogens (tertiary/aromatic N) is 1. The topological polar surface area (TPSA) is 38.5 Å². The largest absolute Gasteiger partial charge is 0.377 e. The highest BCUT2D eigenvalue weighted by atomic mass is 16.5. The van der Waals surface area contributed by atoms with Gasteiger partial charge in [-0.3, -0.25) is 0 Å². The van der Waals surface area contributed by atoms with E-state index >= 15 is 0 Å². The molecule has 3 nitrogen and oxygen atoms in total. The molecule has 0 fully saturated rings. The van der Waals surface area contributed by atoms with Crippen LogP contribution in [0.3, 0.4) is 0 Å². The third kappa shape index (κ3) is 5.52. The Morgan fingerprint density at radius 1 is 1.17 bits per heavy atom. The Balaban J connectivity index is 2.56. The van der Waals surface area contributed by atoms with E-state index in [4.69, 9.17) is 10.5 Å². The summed E-state index contributed by atoms with van der Waals surface area (Å²) in [6, 6.07) is 8.63. The van der Waals surface area contributed by atoms with Crippen LogP contribution in [0.25, 0.3) is 0 Å². The van der Waals surface area contributed by atoms with E-state index in [2.05, 4.69) is 49.9 Å². The molecule has 0 saturated heterocycles. The number of rotatable bonds is 8. The minimum atomic E-state index is 0.291. The molecule has 0 aliphatic rings. The first-order valence-corrected chi connectivity index (χ1v) is 6.76. The first-order chi connectivity index (χ1) is 8.63. The van der Waals surface area contributed by atoms with Crippen LogP contribution in [0.1, 0.15) is 25.8 Å². The molecule has 102 valence electrons. The number of nitrogens with two attached hydrogens (primary N) is 1. The zero-order valence-electron chi connectivity index (χ0n) is 11.9. The molecule has 0 spiro atoms. The van der Waals surface area contributed by atoms with E-state index in [0.717, 1.165) is 32.7 Å². The van der Waals surface area contributed by atoms with Gasteiger partial charge in [0.1, 0.15) is 0 Å². The van der Waals surface area contributed by atoms with Gasteiger partial charge in [-0.1, -0.05) is 17.7 Å². The third-order valence-corrected chi connectivity index (χ3v) is 2.84. The van der Waals surface area contributed by atoms with Crippen LogP contribution in [0.4, 0.5) is 5.69 Å². The Bertz CT molecular complexity index is 322. The molecule has 1 aromatic carbocycles. The van der Waals surface area contributed by atoms with Gasteiger partial charge in [0.15, 0.2) is 0 Å². The van der Waals surface area contributed by atoms with Crippen molar-refractivity contribution in [1.29, 1.82) is 0 Å². The fraction of sp³-hybridized carbons (Fsp3) is 0.600. The standard InChI is InChI=1S/C15H26N2O/c1-13(2)18-12-11-17(10-4-9-16)15-7-5-14(3)6-8-15/h5-8,13H,4,9-12,16H2,1-3H3. The minimum absolute atomic E-state index is 0.291. The third-order valence-electron chi connectivity index (χ3n) is 2.84. The van der Waals surface area contributed by atoms with E-state index in [1.54, 1.807) is 0 Å². The maximum atomic E-state index is 5.62. The Labute approximate surface area is 111 Å². The molecule has 18 heavy (non-hydrogen) atoms. The van der Waals surface area contributed by atoms with Crippen molar-refractivity contribution in [2.75, 3.05) is 31.1 Å². The van der Waals surface area contributed by atoms with Gasteiger partial charge in [0.05, 0.1) is 12.7 Å². The van der Waals surface area contributed by atoms with Crippen LogP contribution >= 0.6 is 0 Å². The first kappa shape index (κ1) is 15.0. The van der Waals surface area contributed by atoms with Crippen LogP contribution in [0, 0.1) is 6.92 Å². The van der Waals surface area contributed by atoms with E-state index in [1.165, 1.54) is 11.3 Å². The van der Waals surface area contributed by atoms with Crippen molar-refractivity contribution in [1.82, 2.24) is 0 Å². The quantitative estimate of drug-likeness (QED) is 0.770. The summed E-state index contributed by atoms with van der Waals surface area (Å²) in [7, 11) is 0. The molecule has 0 atom stereocenters. The summed E-state index contributed by atoms with van der Waals surface area (Å²) in [5.41, 5.74) is 8.14. The van der Waals surface area contributed by atoms with Gasteiger partial charge in [0.25, 0.3) is 0 Å². The average molecular weight is 250 g/mol. The molecule has 0 aliphatic heterocycles. The molecule has 0 amide bonds. The second-order valence-electron chi connectivity index (χ2n) is 4.88. The molecule has 1 aromatic rings. The SMILES string of the molecule is Cc1ccc(N(CCCN)CCOC(C)C)cc1. The molecule has 0 unspecified atom stereocenters. The van der Waals surface area contributed by atoms with Crippen molar-refractivity contribution < 1.29 is 4.74 Å². The predicted molar refractivity (Wildman–Crippen MR) is 78.2 cm³/mol. The summed E-state index contributed by atoms with van der Waals surface area (Å²) in [5, 5.41) is 0. The van der Waals surface area contributed by atoms with E-state index in [0.29, 0.717) is 6.10 Å². The number of anilines is 1. The van der Waals surface area contributed by atoms with Crippen LogP contribution < -0.4 is 10.6 Å². The normalized spacial score (nSPS) is 10.9. The molecule has 3 heteroatoms. The molecule has 0 aliphatic carbocycles. The molecule has 0 heterocycles. The number of hydrogen-bond donors (Lipinski definition) is 1. The van der Waals surface area contributed by atoms with Gasteiger partial charge < -0.3 is 15.4 Å². The Kier molecular flexibility index (Phi) is 6.76. The predicted octanol–water partition coefficient (Wildman–Crippen LogP) is 2.58. The van der Waals surface area contributed by atoms with Gasteiger partial charge in [0.2, 0.25) is 0 Å². The lowest BCUT2D eigenvalue weighted by molar-refractivity contribution is 0.0840. The van der Waals surface area contributed by atoms with Crippen molar-refractivity contribution in [3.63, 3.8) is 0 Å². The highest BCUT2D eigenvalue weighted by Crippen LogP contribution is 2.15. The zero-order chi connectivity index (χ0) is 13.4. The first-order valence-electron chi connectivity index (χ1n) is 6.76. The van der Waals surface area contributed by atoms with E-state index < -0.39 is 0 Å². The fourth-order valence-corrected chi connectivity index (χ4v) is 1.81. The van der Waals surface area contributed by atoms with Crippen LogP contribution in [0.2, 0.25) is 0 Å². The number of hydrogen-bond acceptors (Lipinski definition) is 3.